The van der Waals surface area contributed by atoms with Crippen LogP contribution in [-0.2, 0) is 10.1 Å². The van der Waals surface area contributed by atoms with Crippen LogP contribution in [0, 0.1) is 6.92 Å². The number of rotatable bonds is 7. The van der Waals surface area contributed by atoms with Crippen molar-refractivity contribution in [3.05, 3.63) is 59.2 Å². The van der Waals surface area contributed by atoms with Crippen LogP contribution in [0.15, 0.2) is 42.5 Å². The largest absolute Gasteiger partial charge is 0.534 e. The molecule has 0 amide bonds. The molecule has 8 heteroatoms. The van der Waals surface area contributed by atoms with Crippen molar-refractivity contribution in [1.29, 1.82) is 0 Å². The highest BCUT2D eigenvalue weighted by Gasteiger charge is 2.49. The lowest BCUT2D eigenvalue weighted by Crippen LogP contribution is -2.41. The molecule has 0 spiro atoms. The van der Waals surface area contributed by atoms with Crippen LogP contribution in [0.2, 0.25) is 0 Å². The smallest absolute Gasteiger partial charge is 0.487 e. The van der Waals surface area contributed by atoms with Crippen LogP contribution < -0.4 is 8.92 Å². The van der Waals surface area contributed by atoms with E-state index in [9.17, 15) is 21.6 Å². The molecule has 2 aromatic rings. The van der Waals surface area contributed by atoms with Gasteiger partial charge in [0.25, 0.3) is 0 Å². The fraction of sp³-hybridized carbons (Fsp3) is 0.478. The van der Waals surface area contributed by atoms with Gasteiger partial charge in [0.05, 0.1) is 0 Å². The zero-order chi connectivity index (χ0) is 22.9. The summed E-state index contributed by atoms with van der Waals surface area (Å²) in [5.41, 5.74) is -2.96. The summed E-state index contributed by atoms with van der Waals surface area (Å²) in [7, 11) is -5.75. The average molecular weight is 457 g/mol. The van der Waals surface area contributed by atoms with Gasteiger partial charge in [-0.25, -0.2) is 0 Å². The van der Waals surface area contributed by atoms with Gasteiger partial charge in [0.2, 0.25) is 0 Å². The molecule has 3 rings (SSSR count). The first-order valence-electron chi connectivity index (χ1n) is 10.4. The van der Waals surface area contributed by atoms with E-state index in [2.05, 4.69) is 24.1 Å². The minimum atomic E-state index is -5.75. The standard InChI is InChI=1S/C23H27F3O4S/c1-4-11-22(12-5-2)15-20(17-8-6-7-16(3)13-17)19-10-9-18(14-21(19)29-22)30-31(27,28)23(24,25)26/h6-10,13-14,20H,4-5,11-12,15H2,1-3H3. The maximum absolute atomic E-state index is 12.8. The second-order valence-corrected chi connectivity index (χ2v) is 9.68. The van der Waals surface area contributed by atoms with E-state index >= 15 is 0 Å². The second kappa shape index (κ2) is 8.73. The highest BCUT2D eigenvalue weighted by Crippen LogP contribution is 2.49. The molecular weight excluding hydrogens is 429 g/mol. The molecule has 2 aromatic carbocycles. The van der Waals surface area contributed by atoms with Gasteiger partial charge in [-0.1, -0.05) is 62.6 Å². The molecule has 0 aliphatic carbocycles. The molecule has 0 bridgehead atoms. The molecule has 0 radical (unpaired) electrons. The van der Waals surface area contributed by atoms with Crippen LogP contribution in [0.25, 0.3) is 0 Å². The minimum absolute atomic E-state index is 0.0185. The molecule has 0 saturated carbocycles. The van der Waals surface area contributed by atoms with Crippen LogP contribution in [0.1, 0.15) is 68.6 Å². The number of hydrogen-bond acceptors (Lipinski definition) is 4. The van der Waals surface area contributed by atoms with E-state index in [-0.39, 0.29) is 5.92 Å². The molecule has 0 saturated heterocycles. The third-order valence-corrected chi connectivity index (χ3v) is 6.59. The zero-order valence-corrected chi connectivity index (χ0v) is 18.6. The first-order valence-corrected chi connectivity index (χ1v) is 11.8. The highest BCUT2D eigenvalue weighted by molar-refractivity contribution is 7.88. The van der Waals surface area contributed by atoms with E-state index in [0.717, 1.165) is 48.8 Å². The molecular formula is C23H27F3O4S. The van der Waals surface area contributed by atoms with Gasteiger partial charge in [0.1, 0.15) is 17.1 Å². The number of fused-ring (bicyclic) bond motifs is 1. The lowest BCUT2D eigenvalue weighted by Gasteiger charge is -2.43. The predicted molar refractivity (Wildman–Crippen MR) is 113 cm³/mol. The van der Waals surface area contributed by atoms with Crippen molar-refractivity contribution < 1.29 is 30.5 Å². The molecule has 1 aliphatic heterocycles. The molecule has 0 aromatic heterocycles. The Labute approximate surface area is 181 Å². The van der Waals surface area contributed by atoms with Gasteiger partial charge in [0.15, 0.2) is 0 Å². The van der Waals surface area contributed by atoms with Gasteiger partial charge in [-0.15, -0.1) is 0 Å². The normalized spacial score (nSPS) is 18.2. The minimum Gasteiger partial charge on any atom is -0.487 e. The van der Waals surface area contributed by atoms with Gasteiger partial charge in [-0.3, -0.25) is 0 Å². The molecule has 1 atom stereocenters. The Morgan fingerprint density at radius 3 is 2.35 bits per heavy atom. The monoisotopic (exact) mass is 456 g/mol. The number of halogens is 3. The first-order chi connectivity index (χ1) is 14.5. The summed E-state index contributed by atoms with van der Waals surface area (Å²) in [5, 5.41) is 0. The maximum Gasteiger partial charge on any atom is 0.534 e. The first kappa shape index (κ1) is 23.4. The summed E-state index contributed by atoms with van der Waals surface area (Å²) in [5.74, 6) is -0.0626. The lowest BCUT2D eigenvalue weighted by atomic mass is 9.75. The van der Waals surface area contributed by atoms with E-state index in [1.165, 1.54) is 12.1 Å². The summed E-state index contributed by atoms with van der Waals surface area (Å²) in [6, 6.07) is 12.2. The van der Waals surface area contributed by atoms with Crippen LogP contribution in [0.4, 0.5) is 13.2 Å². The SMILES string of the molecule is CCCC1(CCC)CC(c2cccc(C)c2)c2ccc(OS(=O)(=O)C(F)(F)F)cc2O1. The Kier molecular flexibility index (Phi) is 6.60. The molecule has 0 N–H and O–H groups in total. The quantitative estimate of drug-likeness (QED) is 0.354. The highest BCUT2D eigenvalue weighted by atomic mass is 32.2. The number of benzene rings is 2. The van der Waals surface area contributed by atoms with Crippen molar-refractivity contribution in [1.82, 2.24) is 0 Å². The van der Waals surface area contributed by atoms with Gasteiger partial charge in [0, 0.05) is 17.5 Å². The maximum atomic E-state index is 12.8. The summed E-state index contributed by atoms with van der Waals surface area (Å²) >= 11 is 0. The van der Waals surface area contributed by atoms with E-state index in [1.54, 1.807) is 6.07 Å². The Morgan fingerprint density at radius 2 is 1.77 bits per heavy atom. The summed E-state index contributed by atoms with van der Waals surface area (Å²) in [6.07, 6.45) is 4.08. The molecule has 1 aliphatic rings. The Morgan fingerprint density at radius 1 is 1.10 bits per heavy atom. The van der Waals surface area contributed by atoms with Crippen molar-refractivity contribution in [3.8, 4) is 11.5 Å². The Balaban J connectivity index is 2.08. The van der Waals surface area contributed by atoms with Crippen molar-refractivity contribution in [2.24, 2.45) is 0 Å². The molecule has 0 fully saturated rings. The van der Waals surface area contributed by atoms with Gasteiger partial charge < -0.3 is 8.92 Å². The van der Waals surface area contributed by atoms with Crippen molar-refractivity contribution >= 4 is 10.1 Å². The van der Waals surface area contributed by atoms with Gasteiger partial charge >= 0.3 is 15.6 Å². The van der Waals surface area contributed by atoms with Crippen LogP contribution >= 0.6 is 0 Å². The zero-order valence-electron chi connectivity index (χ0n) is 17.8. The Bertz CT molecular complexity index is 1030. The average Bonchev–Trinajstić information content (AvgIpc) is 2.66. The summed E-state index contributed by atoms with van der Waals surface area (Å²) in [4.78, 5) is 0. The second-order valence-electron chi connectivity index (χ2n) is 8.14. The fourth-order valence-electron chi connectivity index (χ4n) is 4.40. The number of hydrogen-bond donors (Lipinski definition) is 0. The number of aryl methyl sites for hydroxylation is 1. The summed E-state index contributed by atoms with van der Waals surface area (Å²) < 4.78 is 71.9. The van der Waals surface area contributed by atoms with Crippen LogP contribution in [-0.4, -0.2) is 19.5 Å². The molecule has 1 unspecified atom stereocenters. The van der Waals surface area contributed by atoms with Gasteiger partial charge in [-0.2, -0.15) is 21.6 Å². The predicted octanol–water partition coefficient (Wildman–Crippen LogP) is 6.48. The molecule has 1 heterocycles. The topological polar surface area (TPSA) is 52.6 Å². The summed E-state index contributed by atoms with van der Waals surface area (Å²) in [6.45, 7) is 6.13. The van der Waals surface area contributed by atoms with E-state index < -0.39 is 27.0 Å². The molecule has 4 nitrogen and oxygen atoms in total. The van der Waals surface area contributed by atoms with E-state index in [0.29, 0.717) is 5.75 Å². The third-order valence-electron chi connectivity index (χ3n) is 5.61. The molecule has 31 heavy (non-hydrogen) atoms. The van der Waals surface area contributed by atoms with Gasteiger partial charge in [-0.05, 0) is 37.8 Å². The van der Waals surface area contributed by atoms with Crippen molar-refractivity contribution in [3.63, 3.8) is 0 Å². The number of alkyl halides is 3. The van der Waals surface area contributed by atoms with Crippen LogP contribution in [0.5, 0.6) is 11.5 Å². The third kappa shape index (κ3) is 5.00. The van der Waals surface area contributed by atoms with Crippen molar-refractivity contribution in [2.75, 3.05) is 0 Å². The van der Waals surface area contributed by atoms with E-state index in [1.807, 2.05) is 25.1 Å². The number of ether oxygens (including phenoxy) is 1. The fourth-order valence-corrected chi connectivity index (χ4v) is 4.85. The molecule has 170 valence electrons. The van der Waals surface area contributed by atoms with Crippen LogP contribution in [0.3, 0.4) is 0 Å². The van der Waals surface area contributed by atoms with Crippen molar-refractivity contribution in [2.45, 2.75) is 69.9 Å². The van der Waals surface area contributed by atoms with E-state index in [4.69, 9.17) is 4.74 Å². The lowest BCUT2D eigenvalue weighted by molar-refractivity contribution is -0.0500. The Hall–Kier alpha value is -2.22.